The lowest BCUT2D eigenvalue weighted by molar-refractivity contribution is -0.142. The van der Waals surface area contributed by atoms with E-state index in [2.05, 4.69) is 15.6 Å². The second kappa shape index (κ2) is 18.7. The minimum absolute atomic E-state index is 0.0568. The van der Waals surface area contributed by atoms with Crippen molar-refractivity contribution in [2.75, 3.05) is 26.2 Å². The highest BCUT2D eigenvalue weighted by molar-refractivity contribution is 6.42. The summed E-state index contributed by atoms with van der Waals surface area (Å²) in [5.41, 5.74) is 18.0. The summed E-state index contributed by atoms with van der Waals surface area (Å²) < 4.78 is 0. The van der Waals surface area contributed by atoms with Crippen LogP contribution in [0.4, 0.5) is 4.79 Å². The molecule has 1 aliphatic rings. The maximum absolute atomic E-state index is 13.8. The van der Waals surface area contributed by atoms with Crippen molar-refractivity contribution < 1.29 is 24.3 Å². The maximum atomic E-state index is 13.8. The van der Waals surface area contributed by atoms with Crippen LogP contribution in [-0.2, 0) is 14.4 Å². The van der Waals surface area contributed by atoms with Crippen LogP contribution in [0.5, 0.6) is 0 Å². The number of carboxylic acids is 1. The summed E-state index contributed by atoms with van der Waals surface area (Å²) in [7, 11) is 0. The Morgan fingerprint density at radius 2 is 1.38 bits per heavy atom. The Labute approximate surface area is 298 Å². The van der Waals surface area contributed by atoms with Gasteiger partial charge in [-0.1, -0.05) is 58.5 Å². The molecule has 1 aliphatic heterocycles. The number of hydrogen-bond donors (Lipinski definition) is 6. The molecule has 0 unspecified atom stereocenters. The van der Waals surface area contributed by atoms with Crippen LogP contribution in [0.15, 0.2) is 52.5 Å². The number of carbonyl (C=O) groups is 4. The molecule has 258 valence electrons. The Balaban J connectivity index is 1.90. The zero-order chi connectivity index (χ0) is 35.4. The van der Waals surface area contributed by atoms with Gasteiger partial charge in [0, 0.05) is 17.7 Å². The summed E-state index contributed by atoms with van der Waals surface area (Å²) >= 11 is 24.5. The molecular formula is C32H37Cl4N7O5. The fourth-order valence-corrected chi connectivity index (χ4v) is 5.44. The highest BCUT2D eigenvalue weighted by Gasteiger charge is 2.32. The average molecular weight is 742 g/mol. The molecule has 2 atom stereocenters. The molecule has 0 aliphatic carbocycles. The lowest BCUT2D eigenvalue weighted by Crippen LogP contribution is -2.55. The number of Topliss-reactive ketones (excluding diaryl/α,β-unsaturated/α-hetero) is 1. The van der Waals surface area contributed by atoms with Gasteiger partial charge in [0.25, 0.3) is 0 Å². The van der Waals surface area contributed by atoms with E-state index in [0.29, 0.717) is 47.0 Å². The SMILES string of the molecule is NCCCC[C@H](NC(=O)N1C/C(=C\c2ccc(Cl)c(Cl)c2)C(=O)/C(=C/c2ccc(Cl)c(Cl)c2)C1)C(=O)N[C@@H](CCCN=C(N)N)C(=O)O. The number of amides is 3. The van der Waals surface area contributed by atoms with Crippen LogP contribution < -0.4 is 27.8 Å². The number of halogens is 4. The topological polar surface area (TPSA) is 206 Å². The normalized spacial score (nSPS) is 16.0. The summed E-state index contributed by atoms with van der Waals surface area (Å²) in [5, 5.41) is 16.2. The lowest BCUT2D eigenvalue weighted by Gasteiger charge is -2.32. The summed E-state index contributed by atoms with van der Waals surface area (Å²) in [4.78, 5) is 57.9. The average Bonchev–Trinajstić information content (AvgIpc) is 3.03. The fraction of sp³-hybridized carbons (Fsp3) is 0.344. The molecule has 1 heterocycles. The number of nitrogens with zero attached hydrogens (tertiary/aromatic N) is 2. The first kappa shape index (κ1) is 38.6. The molecular weight excluding hydrogens is 704 g/mol. The number of nitrogens with two attached hydrogens (primary N) is 3. The third kappa shape index (κ3) is 11.7. The van der Waals surface area contributed by atoms with Gasteiger partial charge in [-0.3, -0.25) is 14.6 Å². The summed E-state index contributed by atoms with van der Waals surface area (Å²) in [6.07, 6.45) is 4.83. The largest absolute Gasteiger partial charge is 0.480 e. The van der Waals surface area contributed by atoms with Crippen molar-refractivity contribution in [3.8, 4) is 0 Å². The fourth-order valence-electron chi connectivity index (χ4n) is 4.82. The second-order valence-corrected chi connectivity index (χ2v) is 12.6. The van der Waals surface area contributed by atoms with E-state index in [1.807, 2.05) is 0 Å². The number of benzene rings is 2. The molecule has 1 fully saturated rings. The summed E-state index contributed by atoms with van der Waals surface area (Å²) in [5.74, 6) is -2.36. The minimum Gasteiger partial charge on any atom is -0.480 e. The van der Waals surface area contributed by atoms with Crippen LogP contribution >= 0.6 is 46.4 Å². The zero-order valence-electron chi connectivity index (χ0n) is 25.9. The Bertz CT molecular complexity index is 1540. The highest BCUT2D eigenvalue weighted by Crippen LogP contribution is 2.28. The molecule has 0 aromatic heterocycles. The van der Waals surface area contributed by atoms with Gasteiger partial charge in [-0.15, -0.1) is 0 Å². The molecule has 3 amide bonds. The maximum Gasteiger partial charge on any atom is 0.326 e. The molecule has 2 aromatic carbocycles. The number of aliphatic carboxylic acids is 1. The van der Waals surface area contributed by atoms with Crippen molar-refractivity contribution >= 4 is 88.2 Å². The van der Waals surface area contributed by atoms with E-state index in [-0.39, 0.29) is 65.4 Å². The molecule has 9 N–H and O–H groups in total. The smallest absolute Gasteiger partial charge is 0.326 e. The number of urea groups is 1. The van der Waals surface area contributed by atoms with Gasteiger partial charge in [0.05, 0.1) is 33.2 Å². The van der Waals surface area contributed by atoms with Gasteiger partial charge in [-0.2, -0.15) is 0 Å². The number of guanidine groups is 1. The Morgan fingerprint density at radius 3 is 1.85 bits per heavy atom. The molecule has 1 saturated heterocycles. The third-order valence-corrected chi connectivity index (χ3v) is 8.76. The molecule has 16 heteroatoms. The van der Waals surface area contributed by atoms with Crippen molar-refractivity contribution in [2.24, 2.45) is 22.2 Å². The van der Waals surface area contributed by atoms with E-state index in [1.165, 1.54) is 4.90 Å². The van der Waals surface area contributed by atoms with Crippen molar-refractivity contribution in [3.05, 3.63) is 78.8 Å². The molecule has 0 radical (unpaired) electrons. The number of nitrogens with one attached hydrogen (secondary N) is 2. The van der Waals surface area contributed by atoms with Gasteiger partial charge in [0.2, 0.25) is 5.91 Å². The molecule has 48 heavy (non-hydrogen) atoms. The molecule has 12 nitrogen and oxygen atoms in total. The minimum atomic E-state index is -1.25. The number of likely N-dealkylation sites (tertiary alicyclic amines) is 1. The molecule has 2 aromatic rings. The summed E-state index contributed by atoms with van der Waals surface area (Å²) in [6, 6.07) is 6.77. The number of unbranched alkanes of at least 4 members (excludes halogenated alkanes) is 1. The number of carbonyl (C=O) groups excluding carboxylic acids is 3. The Kier molecular flexibility index (Phi) is 15.0. The molecule has 0 spiro atoms. The van der Waals surface area contributed by atoms with Gasteiger partial charge in [-0.25, -0.2) is 9.59 Å². The van der Waals surface area contributed by atoms with Gasteiger partial charge in [0.1, 0.15) is 12.1 Å². The van der Waals surface area contributed by atoms with E-state index in [1.54, 1.807) is 48.6 Å². The lowest BCUT2D eigenvalue weighted by atomic mass is 9.94. The van der Waals surface area contributed by atoms with E-state index < -0.39 is 30.0 Å². The second-order valence-electron chi connectivity index (χ2n) is 11.0. The van der Waals surface area contributed by atoms with Crippen LogP contribution in [0.1, 0.15) is 43.2 Å². The van der Waals surface area contributed by atoms with Gasteiger partial charge >= 0.3 is 12.0 Å². The third-order valence-electron chi connectivity index (χ3n) is 7.28. The van der Waals surface area contributed by atoms with Crippen LogP contribution in [0.2, 0.25) is 20.1 Å². The number of piperidine rings is 1. The first-order chi connectivity index (χ1) is 22.8. The molecule has 3 rings (SSSR count). The number of rotatable bonds is 14. The van der Waals surface area contributed by atoms with E-state index in [9.17, 15) is 24.3 Å². The van der Waals surface area contributed by atoms with E-state index in [4.69, 9.17) is 63.6 Å². The molecule has 0 saturated carbocycles. The van der Waals surface area contributed by atoms with Crippen molar-refractivity contribution in [1.82, 2.24) is 15.5 Å². The van der Waals surface area contributed by atoms with Gasteiger partial charge < -0.3 is 37.8 Å². The predicted octanol–water partition coefficient (Wildman–Crippen LogP) is 4.48. The van der Waals surface area contributed by atoms with Gasteiger partial charge in [0.15, 0.2) is 11.7 Å². The Morgan fingerprint density at radius 1 is 0.833 bits per heavy atom. The van der Waals surface area contributed by atoms with Gasteiger partial charge in [-0.05, 0) is 86.2 Å². The first-order valence-electron chi connectivity index (χ1n) is 15.0. The van der Waals surface area contributed by atoms with Crippen molar-refractivity contribution in [1.29, 1.82) is 0 Å². The number of aliphatic imine (C=N–C) groups is 1. The van der Waals surface area contributed by atoms with Crippen LogP contribution in [0.3, 0.4) is 0 Å². The van der Waals surface area contributed by atoms with Crippen LogP contribution in [0.25, 0.3) is 12.2 Å². The first-order valence-corrected chi connectivity index (χ1v) is 16.5. The number of carboxylic acid groups (broad SMARTS) is 1. The standard InChI is InChI=1S/C32H37Cl4N7O5/c33-22-8-6-18(14-24(22)35)12-20-16-43(17-21(28(20)44)13-19-7-9-23(34)25(36)15-19)32(48)42-26(4-1-2-10-37)29(45)41-27(30(46)47)5-3-11-40-31(38)39/h6-9,12-15,26-27H,1-5,10-11,16-17,37H2,(H,41,45)(H,42,48)(H,46,47)(H4,38,39,40)/b20-12+,21-13+/t26-,27-/m0/s1. The molecule has 0 bridgehead atoms. The predicted molar refractivity (Wildman–Crippen MR) is 190 cm³/mol. The van der Waals surface area contributed by atoms with Crippen molar-refractivity contribution in [3.63, 3.8) is 0 Å². The monoisotopic (exact) mass is 739 g/mol. The van der Waals surface area contributed by atoms with E-state index >= 15 is 0 Å². The number of ketones is 1. The van der Waals surface area contributed by atoms with E-state index in [0.717, 1.165) is 0 Å². The quantitative estimate of drug-likeness (QED) is 0.0703. The van der Waals surface area contributed by atoms with Crippen LogP contribution in [-0.4, -0.2) is 77.9 Å². The summed E-state index contributed by atoms with van der Waals surface area (Å²) in [6.45, 7) is 0.361. The highest BCUT2D eigenvalue weighted by atomic mass is 35.5. The van der Waals surface area contributed by atoms with Crippen molar-refractivity contribution in [2.45, 2.75) is 44.2 Å². The Hall–Kier alpha value is -3.81. The number of hydrogen-bond acceptors (Lipinski definition) is 6. The zero-order valence-corrected chi connectivity index (χ0v) is 28.9. The van der Waals surface area contributed by atoms with Crippen LogP contribution in [0, 0.1) is 0 Å².